The Morgan fingerprint density at radius 1 is 1.01 bits per heavy atom. The summed E-state index contributed by atoms with van der Waals surface area (Å²) in [6, 6.07) is 18.7. The molecule has 1 aliphatic heterocycles. The van der Waals surface area contributed by atoms with E-state index in [1.165, 1.54) is 17.7 Å². The second kappa shape index (κ2) is 25.8. The van der Waals surface area contributed by atoms with Crippen LogP contribution in [0, 0.1) is 28.6 Å². The van der Waals surface area contributed by atoms with Crippen molar-refractivity contribution in [2.24, 2.45) is 28.6 Å². The van der Waals surface area contributed by atoms with Gasteiger partial charge in [0.15, 0.2) is 43.2 Å². The monoisotopic (exact) mass is 1080 g/mol. The van der Waals surface area contributed by atoms with Crippen molar-refractivity contribution in [2.75, 3.05) is 32.9 Å². The summed E-state index contributed by atoms with van der Waals surface area (Å²) in [6.45, 7) is 8.26. The van der Waals surface area contributed by atoms with E-state index in [9.17, 15) is 38.9 Å². The fourth-order valence-electron chi connectivity index (χ4n) is 13.0. The van der Waals surface area contributed by atoms with E-state index in [0.717, 1.165) is 89.5 Å². The van der Waals surface area contributed by atoms with Crippen molar-refractivity contribution in [2.45, 2.75) is 141 Å². The SMILES string of the molecule is CCCC1O[C@@H]2C[C@H]3[C@@H]4CCC5=CC(=O)C=C[C@]5(C)[C@H]4[C@@H](O)C[C@]3(C)[C@]2(C(=O)COC(=O)/C=C/c2ccc[n+](Cc3cc(C(O)CNCCCCCCOCCCCc4ccccc4)ccc3OP(=O)(O)O)c2)O1.Cl. The summed E-state index contributed by atoms with van der Waals surface area (Å²) in [5, 5.41) is 26.5. The average molecular weight is 1080 g/mol. The van der Waals surface area contributed by atoms with Gasteiger partial charge in [-0.15, -0.1) is 12.4 Å². The fraction of sp³-hybridized carbons (Fsp3) is 0.552. The second-order valence-corrected chi connectivity index (χ2v) is 22.6. The number of carbonyl (C=O) groups excluding carboxylic acids is 3. The predicted molar refractivity (Wildman–Crippen MR) is 284 cm³/mol. The van der Waals surface area contributed by atoms with E-state index < -0.39 is 67.2 Å². The molecule has 4 aliphatic carbocycles. The molecule has 2 aromatic carbocycles. The highest BCUT2D eigenvalue weighted by molar-refractivity contribution is 7.46. The van der Waals surface area contributed by atoms with Crippen LogP contribution in [0.2, 0.25) is 0 Å². The number of allylic oxidation sites excluding steroid dienone is 4. The smallest absolute Gasteiger partial charge is 0.454 e. The Morgan fingerprint density at radius 2 is 1.79 bits per heavy atom. The molecule has 1 saturated heterocycles. The molecule has 4 fully saturated rings. The lowest BCUT2D eigenvalue weighted by Gasteiger charge is -2.59. The number of phosphoric acid groups is 1. The lowest BCUT2D eigenvalue weighted by atomic mass is 9.46. The van der Waals surface area contributed by atoms with Gasteiger partial charge in [-0.05, 0) is 130 Å². The number of nitrogens with zero attached hydrogens (tertiary/aromatic N) is 1. The van der Waals surface area contributed by atoms with Crippen LogP contribution in [-0.4, -0.2) is 94.5 Å². The molecule has 17 heteroatoms. The Hall–Kier alpha value is -4.38. The number of carbonyl (C=O) groups is 3. The molecule has 0 spiro atoms. The summed E-state index contributed by atoms with van der Waals surface area (Å²) in [7, 11) is -4.92. The van der Waals surface area contributed by atoms with Crippen LogP contribution >= 0.6 is 20.2 Å². The van der Waals surface area contributed by atoms with E-state index in [1.807, 2.05) is 26.0 Å². The van der Waals surface area contributed by atoms with Gasteiger partial charge in [0, 0.05) is 54.2 Å². The number of fused-ring (bicyclic) bond motifs is 7. The second-order valence-electron chi connectivity index (χ2n) is 21.5. The normalized spacial score (nSPS) is 28.1. The predicted octanol–water partition coefficient (Wildman–Crippen LogP) is 8.43. The Balaban J connectivity index is 0.00000820. The standard InChI is InChI=1S/C58H75N2O13P.ClH/c1-4-15-54-71-52-34-47-46-23-22-44-33-45(61)26-27-56(44,2)55(46)48(62)35-57(47,3)58(52,72-54)51(64)39-70-53(65)25-20-41-19-14-29-60(37-41)38-43-32-42(21-24-50(43)73-74(66,67)68)49(63)36-59-28-11-5-6-12-30-69-31-13-10-18-40-16-8-7-9-17-40;/h7-9,14,16-17,19-21,24-27,29,32-33,37,46-49,52,54-55,59,62-63H,4-6,10-13,15,18,22-23,28,30-31,34-36,38-39H2,1-3H3,(H-,66,67,68);1H/p+1/b25-20+;/t46-,47-,48-,49?,52+,54?,55+,56-,57-,58+;/m0./s1. The van der Waals surface area contributed by atoms with Gasteiger partial charge in [0.1, 0.15) is 5.75 Å². The first-order valence-corrected chi connectivity index (χ1v) is 28.3. The largest absolute Gasteiger partial charge is 0.524 e. The number of aliphatic hydroxyl groups excluding tert-OH is 2. The van der Waals surface area contributed by atoms with E-state index >= 15 is 0 Å². The van der Waals surface area contributed by atoms with Gasteiger partial charge in [-0.3, -0.25) is 19.4 Å². The zero-order valence-electron chi connectivity index (χ0n) is 43.6. The maximum Gasteiger partial charge on any atom is 0.524 e. The number of benzene rings is 2. The van der Waals surface area contributed by atoms with Crippen LogP contribution in [0.1, 0.15) is 126 Å². The zero-order chi connectivity index (χ0) is 52.5. The van der Waals surface area contributed by atoms with E-state index in [0.29, 0.717) is 36.0 Å². The molecule has 5 N–H and O–H groups in total. The molecule has 3 saturated carbocycles. The van der Waals surface area contributed by atoms with Gasteiger partial charge in [0.25, 0.3) is 0 Å². The van der Waals surface area contributed by atoms with Gasteiger partial charge in [0.05, 0.1) is 23.9 Å². The van der Waals surface area contributed by atoms with Crippen LogP contribution in [-0.2, 0) is 50.9 Å². The number of aliphatic hydroxyl groups is 2. The minimum atomic E-state index is -4.92. The average Bonchev–Trinajstić information content (AvgIpc) is 4.00. The number of aryl methyl sites for hydroxylation is 1. The maximum atomic E-state index is 14.7. The number of Topliss-reactive ketones (excluding diaryl/α,β-unsaturated/α-hetero) is 1. The number of phosphoric ester groups is 1. The van der Waals surface area contributed by atoms with Crippen molar-refractivity contribution in [1.82, 2.24) is 5.32 Å². The number of ketones is 2. The highest BCUT2D eigenvalue weighted by atomic mass is 35.5. The van der Waals surface area contributed by atoms with E-state index in [4.69, 9.17) is 23.5 Å². The lowest BCUT2D eigenvalue weighted by Crippen LogP contribution is -2.63. The minimum Gasteiger partial charge on any atom is -0.454 e. The summed E-state index contributed by atoms with van der Waals surface area (Å²) >= 11 is 0. The number of unbranched alkanes of at least 4 members (excludes halogenated alkanes) is 4. The molecule has 8 rings (SSSR count). The van der Waals surface area contributed by atoms with Crippen molar-refractivity contribution in [1.29, 1.82) is 0 Å². The Morgan fingerprint density at radius 3 is 2.56 bits per heavy atom. The lowest BCUT2D eigenvalue weighted by molar-refractivity contribution is -0.688. The molecule has 2 heterocycles. The Bertz CT molecular complexity index is 2590. The van der Waals surface area contributed by atoms with Gasteiger partial charge >= 0.3 is 13.8 Å². The zero-order valence-corrected chi connectivity index (χ0v) is 45.3. The third kappa shape index (κ3) is 13.7. The number of esters is 1. The van der Waals surface area contributed by atoms with Crippen LogP contribution in [0.5, 0.6) is 5.75 Å². The fourth-order valence-corrected chi connectivity index (χ4v) is 13.4. The molecule has 5 aliphatic rings. The summed E-state index contributed by atoms with van der Waals surface area (Å²) < 4.78 is 43.5. The van der Waals surface area contributed by atoms with Gasteiger partial charge in [-0.2, -0.15) is 0 Å². The van der Waals surface area contributed by atoms with Crippen LogP contribution < -0.4 is 14.4 Å². The minimum absolute atomic E-state index is 0. The van der Waals surface area contributed by atoms with Crippen LogP contribution in [0.15, 0.2) is 103 Å². The summed E-state index contributed by atoms with van der Waals surface area (Å²) in [5.74, 6) is -1.33. The van der Waals surface area contributed by atoms with Gasteiger partial charge in [-0.25, -0.2) is 13.9 Å². The summed E-state index contributed by atoms with van der Waals surface area (Å²) in [5.41, 5.74) is 1.23. The van der Waals surface area contributed by atoms with Crippen LogP contribution in [0.25, 0.3) is 6.08 Å². The number of hydrogen-bond acceptors (Lipinski definition) is 12. The van der Waals surface area contributed by atoms with Crippen molar-refractivity contribution in [3.63, 3.8) is 0 Å². The first kappa shape index (κ1) is 58.3. The number of halogens is 1. The Labute approximate surface area is 447 Å². The van der Waals surface area contributed by atoms with Gasteiger partial charge < -0.3 is 39.0 Å². The highest BCUT2D eigenvalue weighted by Gasteiger charge is 2.76. The van der Waals surface area contributed by atoms with Gasteiger partial charge in [-0.1, -0.05) is 88.1 Å². The van der Waals surface area contributed by atoms with Gasteiger partial charge in [0.2, 0.25) is 5.78 Å². The molecule has 0 bridgehead atoms. The maximum absolute atomic E-state index is 14.7. The Kier molecular flexibility index (Phi) is 20.1. The van der Waals surface area contributed by atoms with Crippen molar-refractivity contribution < 1.29 is 67.0 Å². The van der Waals surface area contributed by atoms with Crippen LogP contribution in [0.4, 0.5) is 0 Å². The summed E-state index contributed by atoms with van der Waals surface area (Å²) in [6.07, 6.45) is 19.7. The van der Waals surface area contributed by atoms with Crippen LogP contribution in [0.3, 0.4) is 0 Å². The number of ether oxygens (including phenoxy) is 4. The third-order valence-corrected chi connectivity index (χ3v) is 16.9. The number of hydrogen-bond donors (Lipinski definition) is 5. The molecule has 0 radical (unpaired) electrons. The third-order valence-electron chi connectivity index (χ3n) is 16.5. The molecule has 15 nitrogen and oxygen atoms in total. The van der Waals surface area contributed by atoms with Crippen molar-refractivity contribution in [3.05, 3.63) is 125 Å². The highest BCUT2D eigenvalue weighted by Crippen LogP contribution is 2.69. The summed E-state index contributed by atoms with van der Waals surface area (Å²) in [4.78, 5) is 59.8. The number of rotatable bonds is 26. The van der Waals surface area contributed by atoms with E-state index in [1.54, 1.807) is 59.5 Å². The molecule has 0 amide bonds. The quantitative estimate of drug-likeness (QED) is 0.0168. The molecular weight excluding hydrogens is 999 g/mol. The molecule has 75 heavy (non-hydrogen) atoms. The number of aromatic nitrogens is 1. The molecule has 408 valence electrons. The topological polar surface area (TPSA) is 211 Å². The van der Waals surface area contributed by atoms with E-state index in [-0.39, 0.29) is 54.8 Å². The number of pyridine rings is 1. The molecule has 2 unspecified atom stereocenters. The van der Waals surface area contributed by atoms with Crippen molar-refractivity contribution >= 4 is 43.8 Å². The van der Waals surface area contributed by atoms with Crippen molar-refractivity contribution in [3.8, 4) is 5.75 Å². The molecular formula is C58H77ClN2O13P+. The molecule has 10 atom stereocenters. The molecule has 3 aromatic rings. The van der Waals surface area contributed by atoms with E-state index in [2.05, 4.69) is 36.5 Å². The number of nitrogens with one attached hydrogen (secondary N) is 1. The first-order valence-electron chi connectivity index (χ1n) is 26.7. The first-order chi connectivity index (χ1) is 35.5. The molecule has 1 aromatic heterocycles.